The van der Waals surface area contributed by atoms with Gasteiger partial charge in [-0.1, -0.05) is 6.92 Å². The van der Waals surface area contributed by atoms with Crippen molar-refractivity contribution in [2.75, 3.05) is 40.3 Å². The van der Waals surface area contributed by atoms with Gasteiger partial charge in [-0.3, -0.25) is 4.90 Å². The SMILES string of the molecule is CCC1CN(C2CCC2CNC)CCN1C. The molecular formula is C13H27N3. The summed E-state index contributed by atoms with van der Waals surface area (Å²) in [6.07, 6.45) is 4.14. The van der Waals surface area contributed by atoms with Crippen LogP contribution in [-0.4, -0.2) is 62.2 Å². The Kier molecular flexibility index (Phi) is 4.22. The highest BCUT2D eigenvalue weighted by Gasteiger charge is 2.37. The lowest BCUT2D eigenvalue weighted by atomic mass is 9.78. The topological polar surface area (TPSA) is 18.5 Å². The van der Waals surface area contributed by atoms with Crippen LogP contribution < -0.4 is 5.32 Å². The maximum absolute atomic E-state index is 3.34. The number of hydrogen-bond donors (Lipinski definition) is 1. The van der Waals surface area contributed by atoms with E-state index in [-0.39, 0.29) is 0 Å². The molecule has 3 atom stereocenters. The summed E-state index contributed by atoms with van der Waals surface area (Å²) in [6.45, 7) is 7.33. The lowest BCUT2D eigenvalue weighted by Crippen LogP contribution is -2.59. The van der Waals surface area contributed by atoms with Crippen molar-refractivity contribution >= 4 is 0 Å². The molecule has 2 aliphatic rings. The van der Waals surface area contributed by atoms with Crippen LogP contribution in [0.2, 0.25) is 0 Å². The smallest absolute Gasteiger partial charge is 0.0218 e. The summed E-state index contributed by atoms with van der Waals surface area (Å²) in [5, 5.41) is 3.34. The average Bonchev–Trinajstić information content (AvgIpc) is 2.27. The van der Waals surface area contributed by atoms with Gasteiger partial charge in [0.1, 0.15) is 0 Å². The van der Waals surface area contributed by atoms with E-state index in [1.807, 2.05) is 0 Å². The van der Waals surface area contributed by atoms with E-state index in [1.165, 1.54) is 45.4 Å². The maximum Gasteiger partial charge on any atom is 0.0218 e. The van der Waals surface area contributed by atoms with Gasteiger partial charge in [-0.2, -0.15) is 0 Å². The van der Waals surface area contributed by atoms with E-state index >= 15 is 0 Å². The molecule has 0 aromatic heterocycles. The van der Waals surface area contributed by atoms with Crippen molar-refractivity contribution in [3.8, 4) is 0 Å². The molecule has 94 valence electrons. The molecule has 3 nitrogen and oxygen atoms in total. The summed E-state index contributed by atoms with van der Waals surface area (Å²) < 4.78 is 0. The van der Waals surface area contributed by atoms with Gasteiger partial charge >= 0.3 is 0 Å². The molecule has 1 saturated carbocycles. The Labute approximate surface area is 100 Å². The van der Waals surface area contributed by atoms with E-state index in [2.05, 4.69) is 36.1 Å². The molecule has 0 amide bonds. The fraction of sp³-hybridized carbons (Fsp3) is 1.00. The van der Waals surface area contributed by atoms with Crippen LogP contribution in [0.15, 0.2) is 0 Å². The van der Waals surface area contributed by atoms with E-state index in [0.29, 0.717) is 0 Å². The molecule has 0 spiro atoms. The molecule has 0 aromatic rings. The summed E-state index contributed by atoms with van der Waals surface area (Å²) in [7, 11) is 4.35. The number of nitrogens with zero attached hydrogens (tertiary/aromatic N) is 2. The predicted molar refractivity (Wildman–Crippen MR) is 68.7 cm³/mol. The normalized spacial score (nSPS) is 37.3. The Morgan fingerprint density at radius 1 is 1.25 bits per heavy atom. The van der Waals surface area contributed by atoms with Gasteiger partial charge in [0.15, 0.2) is 0 Å². The summed E-state index contributed by atoms with van der Waals surface area (Å²) in [4.78, 5) is 5.28. The van der Waals surface area contributed by atoms with E-state index < -0.39 is 0 Å². The van der Waals surface area contributed by atoms with Gasteiger partial charge in [-0.15, -0.1) is 0 Å². The van der Waals surface area contributed by atoms with Crippen molar-refractivity contribution in [2.45, 2.75) is 38.3 Å². The minimum Gasteiger partial charge on any atom is -0.319 e. The van der Waals surface area contributed by atoms with Gasteiger partial charge in [-0.05, 0) is 45.8 Å². The lowest BCUT2D eigenvalue weighted by molar-refractivity contribution is 0.00201. The van der Waals surface area contributed by atoms with Crippen LogP contribution in [0.25, 0.3) is 0 Å². The van der Waals surface area contributed by atoms with Crippen LogP contribution in [-0.2, 0) is 0 Å². The van der Waals surface area contributed by atoms with Crippen molar-refractivity contribution in [1.29, 1.82) is 0 Å². The molecular weight excluding hydrogens is 198 g/mol. The van der Waals surface area contributed by atoms with E-state index in [4.69, 9.17) is 0 Å². The van der Waals surface area contributed by atoms with Crippen LogP contribution in [0.1, 0.15) is 26.2 Å². The van der Waals surface area contributed by atoms with Crippen molar-refractivity contribution in [3.63, 3.8) is 0 Å². The van der Waals surface area contributed by atoms with E-state index in [1.54, 1.807) is 0 Å². The zero-order chi connectivity index (χ0) is 11.5. The largest absolute Gasteiger partial charge is 0.319 e. The van der Waals surface area contributed by atoms with Gasteiger partial charge in [0, 0.05) is 31.7 Å². The second-order valence-electron chi connectivity index (χ2n) is 5.50. The molecule has 1 N–H and O–H groups in total. The molecule has 0 aromatic carbocycles. The first-order valence-electron chi connectivity index (χ1n) is 6.85. The van der Waals surface area contributed by atoms with Gasteiger partial charge in [0.2, 0.25) is 0 Å². The monoisotopic (exact) mass is 225 g/mol. The van der Waals surface area contributed by atoms with Crippen molar-refractivity contribution in [1.82, 2.24) is 15.1 Å². The summed E-state index contributed by atoms with van der Waals surface area (Å²) in [5.74, 6) is 0.908. The minimum atomic E-state index is 0.782. The van der Waals surface area contributed by atoms with Crippen LogP contribution in [0.5, 0.6) is 0 Å². The molecule has 0 radical (unpaired) electrons. The van der Waals surface area contributed by atoms with Gasteiger partial charge in [0.25, 0.3) is 0 Å². The zero-order valence-electron chi connectivity index (χ0n) is 11.1. The Bertz CT molecular complexity index is 219. The van der Waals surface area contributed by atoms with Crippen molar-refractivity contribution in [2.24, 2.45) is 5.92 Å². The van der Waals surface area contributed by atoms with E-state index in [0.717, 1.165) is 18.0 Å². The molecule has 1 saturated heterocycles. The Morgan fingerprint density at radius 3 is 2.62 bits per heavy atom. The van der Waals surface area contributed by atoms with Crippen molar-refractivity contribution in [3.05, 3.63) is 0 Å². The Balaban J connectivity index is 1.86. The van der Waals surface area contributed by atoms with Crippen LogP contribution in [0.3, 0.4) is 0 Å². The highest BCUT2D eigenvalue weighted by molar-refractivity contribution is 4.93. The first-order valence-corrected chi connectivity index (χ1v) is 6.85. The number of likely N-dealkylation sites (N-methyl/N-ethyl adjacent to an activating group) is 1. The third kappa shape index (κ3) is 2.41. The fourth-order valence-electron chi connectivity index (χ4n) is 3.24. The van der Waals surface area contributed by atoms with Crippen LogP contribution in [0.4, 0.5) is 0 Å². The third-order valence-corrected chi connectivity index (χ3v) is 4.59. The predicted octanol–water partition coefficient (Wildman–Crippen LogP) is 1.01. The first kappa shape index (κ1) is 12.3. The average molecular weight is 225 g/mol. The molecule has 16 heavy (non-hydrogen) atoms. The molecule has 1 heterocycles. The highest BCUT2D eigenvalue weighted by atomic mass is 15.3. The molecule has 1 aliphatic heterocycles. The number of hydrogen-bond acceptors (Lipinski definition) is 3. The molecule has 3 unspecified atom stereocenters. The second-order valence-corrected chi connectivity index (χ2v) is 5.50. The molecule has 2 fully saturated rings. The molecule has 1 aliphatic carbocycles. The number of piperazine rings is 1. The van der Waals surface area contributed by atoms with E-state index in [9.17, 15) is 0 Å². The quantitative estimate of drug-likeness (QED) is 0.770. The minimum absolute atomic E-state index is 0.782. The van der Waals surface area contributed by atoms with Gasteiger partial charge in [-0.25, -0.2) is 0 Å². The Hall–Kier alpha value is -0.120. The zero-order valence-corrected chi connectivity index (χ0v) is 11.1. The number of rotatable bonds is 4. The fourth-order valence-corrected chi connectivity index (χ4v) is 3.24. The number of nitrogens with one attached hydrogen (secondary N) is 1. The van der Waals surface area contributed by atoms with Crippen LogP contribution in [0, 0.1) is 5.92 Å². The first-order chi connectivity index (χ1) is 7.76. The summed E-state index contributed by atoms with van der Waals surface area (Å²) in [6, 6.07) is 1.65. The lowest BCUT2D eigenvalue weighted by Gasteiger charge is -2.49. The third-order valence-electron chi connectivity index (χ3n) is 4.59. The summed E-state index contributed by atoms with van der Waals surface area (Å²) in [5.41, 5.74) is 0. The van der Waals surface area contributed by atoms with Gasteiger partial charge in [0.05, 0.1) is 0 Å². The molecule has 3 heteroatoms. The Morgan fingerprint density at radius 2 is 2.06 bits per heavy atom. The highest BCUT2D eigenvalue weighted by Crippen LogP contribution is 2.33. The molecule has 2 rings (SSSR count). The van der Waals surface area contributed by atoms with Gasteiger partial charge < -0.3 is 10.2 Å². The second kappa shape index (κ2) is 5.48. The summed E-state index contributed by atoms with van der Waals surface area (Å²) >= 11 is 0. The van der Waals surface area contributed by atoms with Crippen LogP contribution >= 0.6 is 0 Å². The molecule has 0 bridgehead atoms. The maximum atomic E-state index is 3.34. The standard InChI is InChI=1S/C13H27N3/c1-4-12-10-16(8-7-15(12)3)13-6-5-11(13)9-14-2/h11-14H,4-10H2,1-3H3. The van der Waals surface area contributed by atoms with Crippen molar-refractivity contribution < 1.29 is 0 Å².